The lowest BCUT2D eigenvalue weighted by Crippen LogP contribution is -2.31. The van der Waals surface area contributed by atoms with Crippen LogP contribution in [0.4, 0.5) is 4.39 Å². The number of rotatable bonds is 5. The summed E-state index contributed by atoms with van der Waals surface area (Å²) in [7, 11) is 0. The van der Waals surface area contributed by atoms with Gasteiger partial charge in [-0.3, -0.25) is 0 Å². The largest absolute Gasteiger partial charge is 0.307 e. The van der Waals surface area contributed by atoms with Gasteiger partial charge in [0, 0.05) is 12.1 Å². The SMILES string of the molecule is Cc1ccccc1CC(C)NC(C)c1cccc(F)c1. The number of aryl methyl sites for hydroxylation is 1. The monoisotopic (exact) mass is 271 g/mol. The summed E-state index contributed by atoms with van der Waals surface area (Å²) in [4.78, 5) is 0. The maximum atomic E-state index is 13.2. The molecule has 0 amide bonds. The highest BCUT2D eigenvalue weighted by Gasteiger charge is 2.11. The third-order valence-electron chi connectivity index (χ3n) is 3.67. The van der Waals surface area contributed by atoms with E-state index in [-0.39, 0.29) is 11.9 Å². The Bertz CT molecular complexity index is 565. The van der Waals surface area contributed by atoms with Crippen LogP contribution in [0.1, 0.15) is 36.6 Å². The molecule has 0 heterocycles. The van der Waals surface area contributed by atoms with Crippen LogP contribution >= 0.6 is 0 Å². The molecule has 0 radical (unpaired) electrons. The molecular weight excluding hydrogens is 249 g/mol. The smallest absolute Gasteiger partial charge is 0.123 e. The summed E-state index contributed by atoms with van der Waals surface area (Å²) in [6, 6.07) is 15.7. The molecule has 0 spiro atoms. The Morgan fingerprint density at radius 2 is 1.80 bits per heavy atom. The van der Waals surface area contributed by atoms with Crippen molar-refractivity contribution in [2.24, 2.45) is 0 Å². The molecule has 0 saturated carbocycles. The van der Waals surface area contributed by atoms with E-state index < -0.39 is 0 Å². The summed E-state index contributed by atoms with van der Waals surface area (Å²) in [5.41, 5.74) is 3.67. The van der Waals surface area contributed by atoms with Gasteiger partial charge in [0.2, 0.25) is 0 Å². The number of halogens is 1. The van der Waals surface area contributed by atoms with Crippen LogP contribution in [0.3, 0.4) is 0 Å². The Kier molecular flexibility index (Phi) is 4.91. The topological polar surface area (TPSA) is 12.0 Å². The molecular formula is C18H22FN. The third kappa shape index (κ3) is 3.91. The van der Waals surface area contributed by atoms with Crippen LogP contribution in [-0.4, -0.2) is 6.04 Å². The van der Waals surface area contributed by atoms with Gasteiger partial charge in [-0.05, 0) is 56.0 Å². The molecule has 1 N–H and O–H groups in total. The zero-order valence-corrected chi connectivity index (χ0v) is 12.4. The molecule has 20 heavy (non-hydrogen) atoms. The summed E-state index contributed by atoms with van der Waals surface area (Å²) in [6.07, 6.45) is 0.979. The van der Waals surface area contributed by atoms with Crippen molar-refractivity contribution in [3.8, 4) is 0 Å². The summed E-state index contributed by atoms with van der Waals surface area (Å²) >= 11 is 0. The van der Waals surface area contributed by atoms with Gasteiger partial charge in [0.05, 0.1) is 0 Å². The molecule has 0 aliphatic heterocycles. The number of hydrogen-bond donors (Lipinski definition) is 1. The first-order chi connectivity index (χ1) is 9.56. The number of hydrogen-bond acceptors (Lipinski definition) is 1. The lowest BCUT2D eigenvalue weighted by Gasteiger charge is -2.21. The minimum absolute atomic E-state index is 0.143. The molecule has 0 aliphatic carbocycles. The van der Waals surface area contributed by atoms with Crippen LogP contribution in [0.15, 0.2) is 48.5 Å². The fourth-order valence-electron chi connectivity index (χ4n) is 2.53. The minimum Gasteiger partial charge on any atom is -0.307 e. The molecule has 0 bridgehead atoms. The minimum atomic E-state index is -0.178. The quantitative estimate of drug-likeness (QED) is 0.849. The zero-order valence-electron chi connectivity index (χ0n) is 12.4. The van der Waals surface area contributed by atoms with E-state index in [9.17, 15) is 4.39 Å². The first-order valence-electron chi connectivity index (χ1n) is 7.12. The van der Waals surface area contributed by atoms with E-state index in [1.165, 1.54) is 17.2 Å². The van der Waals surface area contributed by atoms with Crippen molar-refractivity contribution < 1.29 is 4.39 Å². The Morgan fingerprint density at radius 3 is 2.50 bits per heavy atom. The van der Waals surface area contributed by atoms with Crippen LogP contribution < -0.4 is 5.32 Å². The van der Waals surface area contributed by atoms with Crippen molar-refractivity contribution in [2.75, 3.05) is 0 Å². The van der Waals surface area contributed by atoms with Crippen LogP contribution in [-0.2, 0) is 6.42 Å². The normalized spacial score (nSPS) is 14.0. The van der Waals surface area contributed by atoms with Crippen molar-refractivity contribution in [3.05, 3.63) is 71.0 Å². The predicted octanol–water partition coefficient (Wildman–Crippen LogP) is 4.42. The van der Waals surface area contributed by atoms with Gasteiger partial charge >= 0.3 is 0 Å². The number of nitrogens with one attached hydrogen (secondary N) is 1. The van der Waals surface area contributed by atoms with Gasteiger partial charge in [0.15, 0.2) is 0 Å². The summed E-state index contributed by atoms with van der Waals surface area (Å²) in [6.45, 7) is 6.38. The first-order valence-corrected chi connectivity index (χ1v) is 7.12. The second-order valence-corrected chi connectivity index (χ2v) is 5.48. The van der Waals surface area contributed by atoms with Crippen molar-refractivity contribution in [2.45, 2.75) is 39.3 Å². The van der Waals surface area contributed by atoms with Gasteiger partial charge in [-0.15, -0.1) is 0 Å². The fraction of sp³-hybridized carbons (Fsp3) is 0.333. The maximum absolute atomic E-state index is 13.2. The van der Waals surface area contributed by atoms with Gasteiger partial charge < -0.3 is 5.32 Å². The van der Waals surface area contributed by atoms with E-state index in [0.29, 0.717) is 6.04 Å². The Labute approximate surface area is 120 Å². The summed E-state index contributed by atoms with van der Waals surface area (Å²) in [5, 5.41) is 3.53. The highest BCUT2D eigenvalue weighted by atomic mass is 19.1. The molecule has 0 fully saturated rings. The molecule has 0 saturated heterocycles. The van der Waals surface area contributed by atoms with Gasteiger partial charge in [-0.25, -0.2) is 4.39 Å². The standard InChI is InChI=1S/C18H22FN/c1-13-7-4-5-8-16(13)11-14(2)20-15(3)17-9-6-10-18(19)12-17/h4-10,12,14-15,20H,11H2,1-3H3. The van der Waals surface area contributed by atoms with Crippen molar-refractivity contribution in [1.82, 2.24) is 5.32 Å². The Morgan fingerprint density at radius 1 is 1.05 bits per heavy atom. The molecule has 2 aromatic rings. The molecule has 2 aromatic carbocycles. The Balaban J connectivity index is 1.98. The van der Waals surface area contributed by atoms with Crippen LogP contribution in [0.5, 0.6) is 0 Å². The van der Waals surface area contributed by atoms with E-state index in [0.717, 1.165) is 12.0 Å². The third-order valence-corrected chi connectivity index (χ3v) is 3.67. The highest BCUT2D eigenvalue weighted by molar-refractivity contribution is 5.26. The molecule has 2 heteroatoms. The second-order valence-electron chi connectivity index (χ2n) is 5.48. The summed E-state index contributed by atoms with van der Waals surface area (Å²) < 4.78 is 13.2. The van der Waals surface area contributed by atoms with E-state index in [2.05, 4.69) is 50.4 Å². The van der Waals surface area contributed by atoms with Gasteiger partial charge in [-0.1, -0.05) is 36.4 Å². The lowest BCUT2D eigenvalue weighted by molar-refractivity contribution is 0.474. The average Bonchev–Trinajstić information content (AvgIpc) is 2.41. The van der Waals surface area contributed by atoms with E-state index in [1.807, 2.05) is 6.07 Å². The summed E-state index contributed by atoms with van der Waals surface area (Å²) in [5.74, 6) is -0.178. The van der Waals surface area contributed by atoms with Crippen LogP contribution in [0.25, 0.3) is 0 Å². The Hall–Kier alpha value is -1.67. The maximum Gasteiger partial charge on any atom is 0.123 e. The molecule has 2 rings (SSSR count). The van der Waals surface area contributed by atoms with Crippen molar-refractivity contribution >= 4 is 0 Å². The lowest BCUT2D eigenvalue weighted by atomic mass is 10.0. The zero-order chi connectivity index (χ0) is 14.5. The van der Waals surface area contributed by atoms with Crippen LogP contribution in [0, 0.1) is 12.7 Å². The molecule has 1 nitrogen and oxygen atoms in total. The predicted molar refractivity (Wildman–Crippen MR) is 82.3 cm³/mol. The van der Waals surface area contributed by atoms with Crippen molar-refractivity contribution in [3.63, 3.8) is 0 Å². The molecule has 0 aliphatic rings. The first kappa shape index (κ1) is 14.7. The molecule has 2 unspecified atom stereocenters. The van der Waals surface area contributed by atoms with E-state index in [4.69, 9.17) is 0 Å². The van der Waals surface area contributed by atoms with Crippen molar-refractivity contribution in [1.29, 1.82) is 0 Å². The van der Waals surface area contributed by atoms with Crippen LogP contribution in [0.2, 0.25) is 0 Å². The van der Waals surface area contributed by atoms with E-state index >= 15 is 0 Å². The van der Waals surface area contributed by atoms with E-state index in [1.54, 1.807) is 12.1 Å². The average molecular weight is 271 g/mol. The molecule has 2 atom stereocenters. The number of benzene rings is 2. The molecule has 106 valence electrons. The van der Waals surface area contributed by atoms with Gasteiger partial charge in [0.25, 0.3) is 0 Å². The molecule has 0 aromatic heterocycles. The fourth-order valence-corrected chi connectivity index (χ4v) is 2.53. The highest BCUT2D eigenvalue weighted by Crippen LogP contribution is 2.16. The van der Waals surface area contributed by atoms with Gasteiger partial charge in [0.1, 0.15) is 5.82 Å². The van der Waals surface area contributed by atoms with Gasteiger partial charge in [-0.2, -0.15) is 0 Å². The second kappa shape index (κ2) is 6.67.